The molecule has 30 heavy (non-hydrogen) atoms. The topological polar surface area (TPSA) is 109 Å². The number of hydrogen-bond acceptors (Lipinski definition) is 6. The summed E-state index contributed by atoms with van der Waals surface area (Å²) in [6.45, 7) is 0. The maximum Gasteiger partial charge on any atom is 0.135 e. The minimum atomic E-state index is 0.715. The van der Waals surface area contributed by atoms with Crippen LogP contribution >= 0.6 is 0 Å². The Balaban J connectivity index is 1.52. The van der Waals surface area contributed by atoms with Gasteiger partial charge in [0.25, 0.3) is 0 Å². The molecule has 0 radical (unpaired) electrons. The van der Waals surface area contributed by atoms with Gasteiger partial charge in [0.15, 0.2) is 0 Å². The van der Waals surface area contributed by atoms with Crippen LogP contribution in [0.5, 0.6) is 0 Å². The van der Waals surface area contributed by atoms with Gasteiger partial charge in [-0.1, -0.05) is 0 Å². The zero-order valence-corrected chi connectivity index (χ0v) is 15.6. The number of nitrogens with zero attached hydrogens (tertiary/aromatic N) is 6. The fraction of sp³-hybridized carbons (Fsp3) is 0. The molecule has 8 nitrogen and oxygen atoms in total. The number of fused-ring (bicyclic) bond motifs is 2. The lowest BCUT2D eigenvalue weighted by atomic mass is 10.1. The molecule has 0 fully saturated rings. The van der Waals surface area contributed by atoms with Crippen LogP contribution in [0.2, 0.25) is 0 Å². The number of nitrogens with one attached hydrogen (secondary N) is 2. The van der Waals surface area contributed by atoms with Crippen LogP contribution < -0.4 is 0 Å². The van der Waals surface area contributed by atoms with Gasteiger partial charge in [0.2, 0.25) is 0 Å². The van der Waals surface area contributed by atoms with Crippen molar-refractivity contribution < 1.29 is 0 Å². The Labute approximate surface area is 170 Å². The predicted octanol–water partition coefficient (Wildman–Crippen LogP) is 4.02. The molecule has 0 aliphatic carbocycles. The molecule has 6 heterocycles. The van der Waals surface area contributed by atoms with Crippen molar-refractivity contribution in [3.05, 3.63) is 73.7 Å². The van der Waals surface area contributed by atoms with Gasteiger partial charge >= 0.3 is 0 Å². The Morgan fingerprint density at radius 3 is 2.53 bits per heavy atom. The molecule has 0 spiro atoms. The molecular formula is C22H14N8. The molecule has 142 valence electrons. The molecule has 0 aliphatic rings. The van der Waals surface area contributed by atoms with Crippen LogP contribution in [0.1, 0.15) is 0 Å². The fourth-order valence-corrected chi connectivity index (χ4v) is 3.60. The summed E-state index contributed by atoms with van der Waals surface area (Å²) in [6.07, 6.45) is 12.2. The van der Waals surface area contributed by atoms with Gasteiger partial charge in [0, 0.05) is 41.9 Å². The van der Waals surface area contributed by atoms with Crippen LogP contribution in [0.25, 0.3) is 55.8 Å². The first-order valence-electron chi connectivity index (χ1n) is 9.36. The van der Waals surface area contributed by atoms with Crippen molar-refractivity contribution in [2.75, 3.05) is 0 Å². The third kappa shape index (κ3) is 2.62. The maximum absolute atomic E-state index is 4.79. The van der Waals surface area contributed by atoms with Crippen LogP contribution in [0.3, 0.4) is 0 Å². The summed E-state index contributed by atoms with van der Waals surface area (Å²) < 4.78 is 0. The second-order valence-corrected chi connectivity index (χ2v) is 6.82. The number of rotatable bonds is 3. The van der Waals surface area contributed by atoms with E-state index in [1.54, 1.807) is 31.0 Å². The van der Waals surface area contributed by atoms with Crippen molar-refractivity contribution in [1.29, 1.82) is 0 Å². The van der Waals surface area contributed by atoms with Crippen molar-refractivity contribution in [2.45, 2.75) is 0 Å². The van der Waals surface area contributed by atoms with Gasteiger partial charge in [-0.05, 0) is 35.9 Å². The number of aromatic amines is 2. The third-order valence-electron chi connectivity index (χ3n) is 5.03. The SMILES string of the molecule is c1cc(-c2cncc3[nH]c(-c4n[nH]c5ccc(-c6cnccn6)nc45)cc23)ccn1. The van der Waals surface area contributed by atoms with Gasteiger partial charge in [-0.25, -0.2) is 4.98 Å². The van der Waals surface area contributed by atoms with E-state index in [2.05, 4.69) is 41.2 Å². The van der Waals surface area contributed by atoms with Crippen LogP contribution in [0.15, 0.2) is 73.7 Å². The predicted molar refractivity (Wildman–Crippen MR) is 113 cm³/mol. The molecule has 0 saturated carbocycles. The molecule has 0 bridgehead atoms. The molecule has 0 saturated heterocycles. The van der Waals surface area contributed by atoms with Crippen molar-refractivity contribution in [3.8, 4) is 33.9 Å². The van der Waals surface area contributed by atoms with E-state index in [1.807, 2.05) is 36.7 Å². The summed E-state index contributed by atoms with van der Waals surface area (Å²) in [7, 11) is 0. The van der Waals surface area contributed by atoms with Crippen LogP contribution in [0.4, 0.5) is 0 Å². The zero-order chi connectivity index (χ0) is 19.9. The molecule has 0 unspecified atom stereocenters. The van der Waals surface area contributed by atoms with Crippen LogP contribution in [-0.4, -0.2) is 40.1 Å². The highest BCUT2D eigenvalue weighted by Gasteiger charge is 2.15. The van der Waals surface area contributed by atoms with E-state index >= 15 is 0 Å². The highest BCUT2D eigenvalue weighted by atomic mass is 15.1. The van der Waals surface area contributed by atoms with Gasteiger partial charge in [-0.2, -0.15) is 5.10 Å². The number of hydrogen-bond donors (Lipinski definition) is 2. The summed E-state index contributed by atoms with van der Waals surface area (Å²) in [5, 5.41) is 8.64. The summed E-state index contributed by atoms with van der Waals surface area (Å²) in [5.41, 5.74) is 7.71. The Morgan fingerprint density at radius 1 is 0.733 bits per heavy atom. The Morgan fingerprint density at radius 2 is 1.67 bits per heavy atom. The quantitative estimate of drug-likeness (QED) is 0.472. The maximum atomic E-state index is 4.79. The van der Waals surface area contributed by atoms with Crippen LogP contribution in [-0.2, 0) is 0 Å². The lowest BCUT2D eigenvalue weighted by Gasteiger charge is -2.01. The average Bonchev–Trinajstić information content (AvgIpc) is 3.43. The summed E-state index contributed by atoms with van der Waals surface area (Å²) >= 11 is 0. The lowest BCUT2D eigenvalue weighted by molar-refractivity contribution is 1.12. The normalized spacial score (nSPS) is 11.3. The van der Waals surface area contributed by atoms with E-state index in [-0.39, 0.29) is 0 Å². The Hall–Kier alpha value is -4.46. The minimum absolute atomic E-state index is 0.715. The molecule has 8 heteroatoms. The summed E-state index contributed by atoms with van der Waals surface area (Å²) in [4.78, 5) is 25.2. The average molecular weight is 390 g/mol. The Bertz CT molecular complexity index is 1490. The number of aromatic nitrogens is 8. The molecule has 6 aromatic rings. The van der Waals surface area contributed by atoms with Crippen LogP contribution in [0, 0.1) is 0 Å². The van der Waals surface area contributed by atoms with Gasteiger partial charge in [-0.3, -0.25) is 25.0 Å². The van der Waals surface area contributed by atoms with Crippen molar-refractivity contribution in [1.82, 2.24) is 40.1 Å². The zero-order valence-electron chi connectivity index (χ0n) is 15.6. The Kier molecular flexibility index (Phi) is 3.60. The first-order valence-corrected chi connectivity index (χ1v) is 9.36. The van der Waals surface area contributed by atoms with E-state index in [0.29, 0.717) is 5.69 Å². The first kappa shape index (κ1) is 16.5. The molecule has 0 atom stereocenters. The summed E-state index contributed by atoms with van der Waals surface area (Å²) in [5.74, 6) is 0. The molecule has 6 rings (SSSR count). The molecule has 0 amide bonds. The smallest absolute Gasteiger partial charge is 0.135 e. The van der Waals surface area contributed by atoms with Crippen molar-refractivity contribution >= 4 is 21.9 Å². The molecule has 0 aliphatic heterocycles. The largest absolute Gasteiger partial charge is 0.352 e. The third-order valence-corrected chi connectivity index (χ3v) is 5.03. The molecule has 2 N–H and O–H groups in total. The van der Waals surface area contributed by atoms with E-state index in [0.717, 1.165) is 50.1 Å². The first-order chi connectivity index (χ1) is 14.9. The van der Waals surface area contributed by atoms with E-state index < -0.39 is 0 Å². The standard InChI is InChI=1S/C22H14N8/c1-2-17-21(28-16(1)20-12-24-7-8-26-20)22(30-29-17)18-9-14-15(10-25-11-19(14)27-18)13-3-5-23-6-4-13/h1-12,27H,(H,29,30). The molecular weight excluding hydrogens is 376 g/mol. The lowest BCUT2D eigenvalue weighted by Crippen LogP contribution is -1.89. The minimum Gasteiger partial charge on any atom is -0.352 e. The highest BCUT2D eigenvalue weighted by molar-refractivity contribution is 5.99. The number of pyridine rings is 3. The van der Waals surface area contributed by atoms with Gasteiger partial charge in [0.05, 0.1) is 34.8 Å². The second kappa shape index (κ2) is 6.56. The van der Waals surface area contributed by atoms with Gasteiger partial charge in [0.1, 0.15) is 16.9 Å². The molecule has 6 aromatic heterocycles. The van der Waals surface area contributed by atoms with E-state index in [4.69, 9.17) is 4.98 Å². The van der Waals surface area contributed by atoms with E-state index in [9.17, 15) is 0 Å². The van der Waals surface area contributed by atoms with Crippen molar-refractivity contribution in [2.24, 2.45) is 0 Å². The van der Waals surface area contributed by atoms with Gasteiger partial charge in [-0.15, -0.1) is 0 Å². The van der Waals surface area contributed by atoms with Crippen molar-refractivity contribution in [3.63, 3.8) is 0 Å². The monoisotopic (exact) mass is 390 g/mol. The molecule has 0 aromatic carbocycles. The number of H-pyrrole nitrogens is 2. The van der Waals surface area contributed by atoms with E-state index in [1.165, 1.54) is 0 Å². The fourth-order valence-electron chi connectivity index (χ4n) is 3.60. The van der Waals surface area contributed by atoms with Gasteiger partial charge < -0.3 is 4.98 Å². The highest BCUT2D eigenvalue weighted by Crippen LogP contribution is 2.33. The second-order valence-electron chi connectivity index (χ2n) is 6.82. The summed E-state index contributed by atoms with van der Waals surface area (Å²) in [6, 6.07) is 9.89.